The van der Waals surface area contributed by atoms with Crippen molar-refractivity contribution in [2.75, 3.05) is 0 Å². The molecule has 3 nitrogen and oxygen atoms in total. The van der Waals surface area contributed by atoms with Gasteiger partial charge in [-0.2, -0.15) is 0 Å². The van der Waals surface area contributed by atoms with Crippen LogP contribution in [0.15, 0.2) is 35.3 Å². The average molecular weight is 271 g/mol. The van der Waals surface area contributed by atoms with Gasteiger partial charge in [0.2, 0.25) is 0 Å². The average Bonchev–Trinajstić information content (AvgIpc) is 3.18. The van der Waals surface area contributed by atoms with Gasteiger partial charge in [0.1, 0.15) is 0 Å². The lowest BCUT2D eigenvalue weighted by Gasteiger charge is -2.23. The Morgan fingerprint density at radius 1 is 1.15 bits per heavy atom. The van der Waals surface area contributed by atoms with Crippen molar-refractivity contribution in [1.82, 2.24) is 5.32 Å². The zero-order valence-electron chi connectivity index (χ0n) is 12.1. The van der Waals surface area contributed by atoms with Crippen LogP contribution in [-0.4, -0.2) is 18.0 Å². The van der Waals surface area contributed by atoms with Crippen molar-refractivity contribution in [3.05, 3.63) is 35.9 Å². The Labute approximate surface area is 121 Å². The third-order valence-electron chi connectivity index (χ3n) is 4.49. The largest absolute Gasteiger partial charge is 0.370 e. The minimum Gasteiger partial charge on any atom is -0.370 e. The zero-order valence-corrected chi connectivity index (χ0v) is 12.1. The van der Waals surface area contributed by atoms with Crippen molar-refractivity contribution < 1.29 is 0 Å². The van der Waals surface area contributed by atoms with Gasteiger partial charge >= 0.3 is 0 Å². The summed E-state index contributed by atoms with van der Waals surface area (Å²) in [5.41, 5.74) is 7.45. The number of hydrogen-bond acceptors (Lipinski definition) is 1. The molecular weight excluding hydrogens is 246 g/mol. The first-order valence-corrected chi connectivity index (χ1v) is 7.95. The summed E-state index contributed by atoms with van der Waals surface area (Å²) in [4.78, 5) is 4.64. The van der Waals surface area contributed by atoms with E-state index in [9.17, 15) is 0 Å². The lowest BCUT2D eigenvalue weighted by molar-refractivity contribution is 0.412. The molecule has 108 valence electrons. The van der Waals surface area contributed by atoms with Gasteiger partial charge in [-0.15, -0.1) is 0 Å². The summed E-state index contributed by atoms with van der Waals surface area (Å²) in [6, 6.07) is 11.7. The maximum absolute atomic E-state index is 6.04. The van der Waals surface area contributed by atoms with E-state index < -0.39 is 0 Å². The smallest absolute Gasteiger partial charge is 0.189 e. The van der Waals surface area contributed by atoms with Crippen LogP contribution in [0, 0.1) is 5.92 Å². The monoisotopic (exact) mass is 271 g/mol. The number of nitrogens with one attached hydrogen (secondary N) is 1. The third-order valence-corrected chi connectivity index (χ3v) is 4.49. The van der Waals surface area contributed by atoms with Crippen LogP contribution in [0.5, 0.6) is 0 Å². The molecule has 2 atom stereocenters. The standard InChI is InChI=1S/C17H25N3/c18-17(19-15-9-5-2-6-10-15)20-16-12-14(16)11-13-7-3-1-4-8-13/h1,3-4,7-8,14-16H,2,5-6,9-12H2,(H3,18,19,20). The Balaban J connectivity index is 1.45. The lowest BCUT2D eigenvalue weighted by Crippen LogP contribution is -2.41. The first kappa shape index (κ1) is 13.5. The van der Waals surface area contributed by atoms with Crippen LogP contribution in [0.4, 0.5) is 0 Å². The summed E-state index contributed by atoms with van der Waals surface area (Å²) in [6.45, 7) is 0. The van der Waals surface area contributed by atoms with Crippen molar-refractivity contribution in [3.63, 3.8) is 0 Å². The molecule has 0 aliphatic heterocycles. The number of rotatable bonds is 4. The van der Waals surface area contributed by atoms with Crippen LogP contribution in [-0.2, 0) is 6.42 Å². The molecular formula is C17H25N3. The summed E-state index contributed by atoms with van der Waals surface area (Å²) in [6.07, 6.45) is 8.82. The Bertz CT molecular complexity index is 449. The number of nitrogens with two attached hydrogens (primary N) is 1. The normalized spacial score (nSPS) is 27.3. The third kappa shape index (κ3) is 3.75. The van der Waals surface area contributed by atoms with Crippen molar-refractivity contribution in [2.45, 2.75) is 57.0 Å². The minimum atomic E-state index is 0.436. The molecule has 1 aromatic carbocycles. The minimum absolute atomic E-state index is 0.436. The number of benzene rings is 1. The van der Waals surface area contributed by atoms with Gasteiger partial charge in [-0.1, -0.05) is 49.6 Å². The maximum Gasteiger partial charge on any atom is 0.189 e. The van der Waals surface area contributed by atoms with Gasteiger partial charge < -0.3 is 11.1 Å². The quantitative estimate of drug-likeness (QED) is 0.653. The van der Waals surface area contributed by atoms with Crippen LogP contribution in [0.3, 0.4) is 0 Å². The first-order chi connectivity index (χ1) is 9.81. The number of aliphatic imine (C=N–C) groups is 1. The second-order valence-corrected chi connectivity index (χ2v) is 6.25. The molecule has 3 rings (SSSR count). The molecule has 0 radical (unpaired) electrons. The van der Waals surface area contributed by atoms with E-state index in [-0.39, 0.29) is 0 Å². The van der Waals surface area contributed by atoms with Crippen LogP contribution in [0.1, 0.15) is 44.1 Å². The molecule has 0 bridgehead atoms. The molecule has 1 aromatic rings. The molecule has 2 saturated carbocycles. The Kier molecular flexibility index (Phi) is 4.24. The molecule has 3 heteroatoms. The molecule has 2 aliphatic carbocycles. The second kappa shape index (κ2) is 6.29. The van der Waals surface area contributed by atoms with Crippen molar-refractivity contribution in [1.29, 1.82) is 0 Å². The van der Waals surface area contributed by atoms with Crippen LogP contribution in [0.2, 0.25) is 0 Å². The van der Waals surface area contributed by atoms with E-state index in [1.165, 1.54) is 44.1 Å². The van der Waals surface area contributed by atoms with Crippen LogP contribution >= 0.6 is 0 Å². The number of nitrogens with zero attached hydrogens (tertiary/aromatic N) is 1. The molecule has 2 fully saturated rings. The summed E-state index contributed by atoms with van der Waals surface area (Å²) >= 11 is 0. The highest BCUT2D eigenvalue weighted by Crippen LogP contribution is 2.36. The van der Waals surface area contributed by atoms with Gasteiger partial charge in [0, 0.05) is 6.04 Å². The topological polar surface area (TPSA) is 50.4 Å². The van der Waals surface area contributed by atoms with Crippen molar-refractivity contribution in [2.24, 2.45) is 16.6 Å². The number of guanidine groups is 1. The zero-order chi connectivity index (χ0) is 13.8. The SMILES string of the molecule is NC(=NC1CC1Cc1ccccc1)NC1CCCCC1. The molecule has 0 saturated heterocycles. The Morgan fingerprint density at radius 2 is 1.90 bits per heavy atom. The van der Waals surface area contributed by atoms with E-state index in [0.29, 0.717) is 24.0 Å². The molecule has 3 N–H and O–H groups in total. The van der Waals surface area contributed by atoms with Gasteiger partial charge in [0.05, 0.1) is 6.04 Å². The van der Waals surface area contributed by atoms with E-state index in [4.69, 9.17) is 5.73 Å². The molecule has 2 aliphatic rings. The van der Waals surface area contributed by atoms with Crippen molar-refractivity contribution >= 4 is 5.96 Å². The number of hydrogen-bond donors (Lipinski definition) is 2. The van der Waals surface area contributed by atoms with Gasteiger partial charge in [0.15, 0.2) is 5.96 Å². The first-order valence-electron chi connectivity index (χ1n) is 7.95. The maximum atomic E-state index is 6.04. The highest BCUT2D eigenvalue weighted by atomic mass is 15.1. The highest BCUT2D eigenvalue weighted by molar-refractivity contribution is 5.78. The van der Waals surface area contributed by atoms with Gasteiger partial charge in [0.25, 0.3) is 0 Å². The highest BCUT2D eigenvalue weighted by Gasteiger charge is 2.37. The Morgan fingerprint density at radius 3 is 2.65 bits per heavy atom. The van der Waals surface area contributed by atoms with Crippen LogP contribution < -0.4 is 11.1 Å². The summed E-state index contributed by atoms with van der Waals surface area (Å²) in [5.74, 6) is 1.35. The summed E-state index contributed by atoms with van der Waals surface area (Å²) < 4.78 is 0. The van der Waals surface area contributed by atoms with E-state index in [0.717, 1.165) is 6.42 Å². The van der Waals surface area contributed by atoms with E-state index >= 15 is 0 Å². The Hall–Kier alpha value is -1.51. The molecule has 2 unspecified atom stereocenters. The lowest BCUT2D eigenvalue weighted by atomic mass is 9.96. The van der Waals surface area contributed by atoms with Gasteiger partial charge in [-0.05, 0) is 37.2 Å². The van der Waals surface area contributed by atoms with E-state index in [1.807, 2.05) is 0 Å². The molecule has 0 heterocycles. The molecule has 0 spiro atoms. The molecule has 20 heavy (non-hydrogen) atoms. The second-order valence-electron chi connectivity index (χ2n) is 6.25. The predicted molar refractivity (Wildman–Crippen MR) is 83.7 cm³/mol. The van der Waals surface area contributed by atoms with Gasteiger partial charge in [-0.25, -0.2) is 4.99 Å². The van der Waals surface area contributed by atoms with E-state index in [2.05, 4.69) is 40.6 Å². The molecule has 0 amide bonds. The van der Waals surface area contributed by atoms with Crippen molar-refractivity contribution in [3.8, 4) is 0 Å². The summed E-state index contributed by atoms with van der Waals surface area (Å²) in [7, 11) is 0. The molecule has 0 aromatic heterocycles. The van der Waals surface area contributed by atoms with Crippen LogP contribution in [0.25, 0.3) is 0 Å². The summed E-state index contributed by atoms with van der Waals surface area (Å²) in [5, 5.41) is 3.40. The van der Waals surface area contributed by atoms with E-state index in [1.54, 1.807) is 0 Å². The fourth-order valence-electron chi connectivity index (χ4n) is 3.20. The fourth-order valence-corrected chi connectivity index (χ4v) is 3.20. The fraction of sp³-hybridized carbons (Fsp3) is 0.588. The van der Waals surface area contributed by atoms with Gasteiger partial charge in [-0.3, -0.25) is 0 Å². The predicted octanol–water partition coefficient (Wildman–Crippen LogP) is 2.85.